The molecule has 18 heavy (non-hydrogen) atoms. The van der Waals surface area contributed by atoms with Gasteiger partial charge in [0.15, 0.2) is 0 Å². The van der Waals surface area contributed by atoms with Crippen molar-refractivity contribution in [3.63, 3.8) is 0 Å². The molecular weight excluding hydrogens is 228 g/mol. The summed E-state index contributed by atoms with van der Waals surface area (Å²) in [5.41, 5.74) is 11.6. The molecule has 2 heterocycles. The van der Waals surface area contributed by atoms with Gasteiger partial charge in [-0.15, -0.1) is 0 Å². The molecule has 4 N–H and O–H groups in total. The molecule has 2 atom stereocenters. The minimum atomic E-state index is -0.494. The summed E-state index contributed by atoms with van der Waals surface area (Å²) in [6, 6.07) is 5.73. The van der Waals surface area contributed by atoms with E-state index >= 15 is 0 Å². The molecule has 1 aliphatic heterocycles. The number of aromatic nitrogens is 1. The molecule has 5 heteroatoms. The van der Waals surface area contributed by atoms with Gasteiger partial charge in [-0.25, -0.2) is 4.98 Å². The standard InChI is InChI=1S/C13H20N4O/c1-9(14)11-6-2-3-8-17(11)12-7-4-5-10(16-12)13(15)18/h4-5,7,9,11H,2-3,6,8,14H2,1H3,(H2,15,18). The fourth-order valence-corrected chi connectivity index (χ4v) is 2.51. The van der Waals surface area contributed by atoms with E-state index in [0.717, 1.165) is 25.2 Å². The van der Waals surface area contributed by atoms with Crippen LogP contribution in [0.1, 0.15) is 36.7 Å². The van der Waals surface area contributed by atoms with Crippen LogP contribution >= 0.6 is 0 Å². The molecular formula is C13H20N4O. The molecule has 0 radical (unpaired) electrons. The van der Waals surface area contributed by atoms with Gasteiger partial charge in [-0.3, -0.25) is 4.79 Å². The Bertz CT molecular complexity index is 433. The van der Waals surface area contributed by atoms with Crippen molar-refractivity contribution >= 4 is 11.7 Å². The molecule has 5 nitrogen and oxygen atoms in total. The molecule has 98 valence electrons. The van der Waals surface area contributed by atoms with Crippen LogP contribution < -0.4 is 16.4 Å². The van der Waals surface area contributed by atoms with Crippen LogP contribution in [0.3, 0.4) is 0 Å². The van der Waals surface area contributed by atoms with Crippen molar-refractivity contribution in [2.45, 2.75) is 38.3 Å². The molecule has 0 bridgehead atoms. The number of amides is 1. The van der Waals surface area contributed by atoms with Crippen LogP contribution in [0.4, 0.5) is 5.82 Å². The summed E-state index contributed by atoms with van der Waals surface area (Å²) in [5, 5.41) is 0. The second-order valence-corrected chi connectivity index (χ2v) is 4.86. The largest absolute Gasteiger partial charge is 0.364 e. The van der Waals surface area contributed by atoms with Gasteiger partial charge in [0, 0.05) is 18.6 Å². The van der Waals surface area contributed by atoms with Crippen molar-refractivity contribution in [3.8, 4) is 0 Å². The van der Waals surface area contributed by atoms with Gasteiger partial charge in [0.05, 0.1) is 0 Å². The van der Waals surface area contributed by atoms with Crippen molar-refractivity contribution in [3.05, 3.63) is 23.9 Å². The van der Waals surface area contributed by atoms with Crippen LogP contribution in [-0.2, 0) is 0 Å². The Morgan fingerprint density at radius 1 is 1.50 bits per heavy atom. The van der Waals surface area contributed by atoms with E-state index in [1.54, 1.807) is 6.07 Å². The summed E-state index contributed by atoms with van der Waals surface area (Å²) >= 11 is 0. The van der Waals surface area contributed by atoms with Gasteiger partial charge < -0.3 is 16.4 Å². The summed E-state index contributed by atoms with van der Waals surface area (Å²) in [6.45, 7) is 2.95. The zero-order valence-corrected chi connectivity index (χ0v) is 10.7. The van der Waals surface area contributed by atoms with Crippen LogP contribution in [-0.4, -0.2) is 29.5 Å². The Kier molecular flexibility index (Phi) is 3.81. The zero-order chi connectivity index (χ0) is 13.1. The van der Waals surface area contributed by atoms with Crippen molar-refractivity contribution in [1.29, 1.82) is 0 Å². The first kappa shape index (κ1) is 12.8. The fourth-order valence-electron chi connectivity index (χ4n) is 2.51. The number of rotatable bonds is 3. The Morgan fingerprint density at radius 2 is 2.28 bits per heavy atom. The lowest BCUT2D eigenvalue weighted by Gasteiger charge is -2.39. The number of carbonyl (C=O) groups is 1. The maximum atomic E-state index is 11.2. The number of pyridine rings is 1. The van der Waals surface area contributed by atoms with E-state index in [1.165, 1.54) is 6.42 Å². The second kappa shape index (κ2) is 5.35. The van der Waals surface area contributed by atoms with Gasteiger partial charge >= 0.3 is 0 Å². The number of hydrogen-bond donors (Lipinski definition) is 2. The molecule has 1 aliphatic rings. The van der Waals surface area contributed by atoms with E-state index in [0.29, 0.717) is 5.69 Å². The maximum Gasteiger partial charge on any atom is 0.267 e. The third-order valence-electron chi connectivity index (χ3n) is 3.44. The monoisotopic (exact) mass is 248 g/mol. The van der Waals surface area contributed by atoms with Gasteiger partial charge in [-0.05, 0) is 38.3 Å². The smallest absolute Gasteiger partial charge is 0.267 e. The molecule has 0 spiro atoms. The maximum absolute atomic E-state index is 11.2. The summed E-state index contributed by atoms with van der Waals surface area (Å²) in [6.07, 6.45) is 3.39. The number of nitrogens with zero attached hydrogens (tertiary/aromatic N) is 2. The average Bonchev–Trinajstić information content (AvgIpc) is 2.39. The third kappa shape index (κ3) is 2.61. The molecule has 1 fully saturated rings. The number of primary amides is 1. The molecule has 1 aromatic rings. The minimum Gasteiger partial charge on any atom is -0.364 e. The summed E-state index contributed by atoms with van der Waals surface area (Å²) < 4.78 is 0. The van der Waals surface area contributed by atoms with Crippen LogP contribution in [0.2, 0.25) is 0 Å². The first-order valence-corrected chi connectivity index (χ1v) is 6.38. The fraction of sp³-hybridized carbons (Fsp3) is 0.538. The Labute approximate surface area is 107 Å². The van der Waals surface area contributed by atoms with Crippen LogP contribution in [0, 0.1) is 0 Å². The van der Waals surface area contributed by atoms with E-state index in [2.05, 4.69) is 9.88 Å². The first-order valence-electron chi connectivity index (χ1n) is 6.38. The van der Waals surface area contributed by atoms with E-state index in [9.17, 15) is 4.79 Å². The Balaban J connectivity index is 2.28. The van der Waals surface area contributed by atoms with E-state index in [4.69, 9.17) is 11.5 Å². The van der Waals surface area contributed by atoms with Crippen molar-refractivity contribution in [1.82, 2.24) is 4.98 Å². The van der Waals surface area contributed by atoms with Crippen LogP contribution in [0.5, 0.6) is 0 Å². The topological polar surface area (TPSA) is 85.2 Å². The average molecular weight is 248 g/mol. The lowest BCUT2D eigenvalue weighted by Crippen LogP contribution is -2.49. The molecule has 0 aromatic carbocycles. The van der Waals surface area contributed by atoms with E-state index < -0.39 is 5.91 Å². The normalized spacial score (nSPS) is 21.7. The lowest BCUT2D eigenvalue weighted by molar-refractivity contribution is 0.0995. The minimum absolute atomic E-state index is 0.0873. The SMILES string of the molecule is CC(N)C1CCCCN1c1cccc(C(N)=O)n1. The van der Waals surface area contributed by atoms with Gasteiger partial charge in [-0.2, -0.15) is 0 Å². The van der Waals surface area contributed by atoms with Gasteiger partial charge in [0.2, 0.25) is 0 Å². The number of nitrogens with two attached hydrogens (primary N) is 2. The number of carbonyl (C=O) groups excluding carboxylic acids is 1. The molecule has 2 unspecified atom stereocenters. The number of anilines is 1. The summed E-state index contributed by atoms with van der Waals surface area (Å²) in [7, 11) is 0. The van der Waals surface area contributed by atoms with E-state index in [-0.39, 0.29) is 12.1 Å². The molecule has 1 aromatic heterocycles. The van der Waals surface area contributed by atoms with Crippen LogP contribution in [0.25, 0.3) is 0 Å². The lowest BCUT2D eigenvalue weighted by atomic mass is 9.97. The highest BCUT2D eigenvalue weighted by atomic mass is 16.1. The summed E-state index contributed by atoms with van der Waals surface area (Å²) in [4.78, 5) is 17.7. The molecule has 0 aliphatic carbocycles. The zero-order valence-electron chi connectivity index (χ0n) is 10.7. The first-order chi connectivity index (χ1) is 8.59. The van der Waals surface area contributed by atoms with Crippen molar-refractivity contribution < 1.29 is 4.79 Å². The quantitative estimate of drug-likeness (QED) is 0.831. The van der Waals surface area contributed by atoms with Crippen LogP contribution in [0.15, 0.2) is 18.2 Å². The van der Waals surface area contributed by atoms with E-state index in [1.807, 2.05) is 19.1 Å². The molecule has 1 amide bonds. The van der Waals surface area contributed by atoms with Crippen molar-refractivity contribution in [2.24, 2.45) is 11.5 Å². The highest BCUT2D eigenvalue weighted by Gasteiger charge is 2.26. The predicted octanol–water partition coefficient (Wildman–Crippen LogP) is 0.887. The number of hydrogen-bond acceptors (Lipinski definition) is 4. The second-order valence-electron chi connectivity index (χ2n) is 4.86. The third-order valence-corrected chi connectivity index (χ3v) is 3.44. The predicted molar refractivity (Wildman–Crippen MR) is 71.4 cm³/mol. The Hall–Kier alpha value is -1.62. The summed E-state index contributed by atoms with van der Waals surface area (Å²) in [5.74, 6) is 0.305. The highest BCUT2D eigenvalue weighted by Crippen LogP contribution is 2.24. The molecule has 2 rings (SSSR count). The van der Waals surface area contributed by atoms with Gasteiger partial charge in [0.1, 0.15) is 11.5 Å². The Morgan fingerprint density at radius 3 is 2.94 bits per heavy atom. The van der Waals surface area contributed by atoms with Crippen molar-refractivity contribution in [2.75, 3.05) is 11.4 Å². The molecule has 1 saturated heterocycles. The highest BCUT2D eigenvalue weighted by molar-refractivity contribution is 5.91. The molecule has 0 saturated carbocycles. The number of piperidine rings is 1. The van der Waals surface area contributed by atoms with Gasteiger partial charge in [0.25, 0.3) is 5.91 Å². The van der Waals surface area contributed by atoms with Gasteiger partial charge in [-0.1, -0.05) is 6.07 Å².